The van der Waals surface area contributed by atoms with E-state index in [0.29, 0.717) is 23.9 Å². The van der Waals surface area contributed by atoms with Crippen molar-refractivity contribution in [1.29, 1.82) is 0 Å². The number of nitrogens with one attached hydrogen (secondary N) is 1. The van der Waals surface area contributed by atoms with Gasteiger partial charge in [0.15, 0.2) is 0 Å². The molecule has 0 aliphatic carbocycles. The first-order chi connectivity index (χ1) is 12.2. The van der Waals surface area contributed by atoms with Crippen molar-refractivity contribution in [3.63, 3.8) is 0 Å². The van der Waals surface area contributed by atoms with Crippen molar-refractivity contribution in [2.75, 3.05) is 35.6 Å². The summed E-state index contributed by atoms with van der Waals surface area (Å²) >= 11 is 0. The van der Waals surface area contributed by atoms with Crippen LogP contribution in [-0.2, 0) is 4.74 Å². The van der Waals surface area contributed by atoms with Gasteiger partial charge in [-0.25, -0.2) is 4.79 Å². The van der Waals surface area contributed by atoms with E-state index in [1.165, 1.54) is 5.69 Å². The molecule has 1 saturated heterocycles. The molecule has 1 aliphatic rings. The number of pyridine rings is 1. The minimum atomic E-state index is -0.452. The summed E-state index contributed by atoms with van der Waals surface area (Å²) in [4.78, 5) is 18.3. The molecule has 1 amide bonds. The number of amides is 1. The number of piperidine rings is 1. The molecule has 1 aromatic heterocycles. The Morgan fingerprint density at radius 1 is 1.20 bits per heavy atom. The molecule has 0 unspecified atom stereocenters. The van der Waals surface area contributed by atoms with Crippen LogP contribution in [0.25, 0.3) is 0 Å². The van der Waals surface area contributed by atoms with Crippen LogP contribution in [0.2, 0.25) is 0 Å². The van der Waals surface area contributed by atoms with Gasteiger partial charge in [0.2, 0.25) is 0 Å². The molecule has 0 bridgehead atoms. The highest BCUT2D eigenvalue weighted by Crippen LogP contribution is 2.24. The predicted molar refractivity (Wildman–Crippen MR) is 99.6 cm³/mol. The largest absolute Gasteiger partial charge is 0.449 e. The highest BCUT2D eigenvalue weighted by molar-refractivity contribution is 5.88. The van der Waals surface area contributed by atoms with Crippen molar-refractivity contribution in [3.8, 4) is 0 Å². The van der Waals surface area contributed by atoms with Gasteiger partial charge in [0, 0.05) is 31.2 Å². The van der Waals surface area contributed by atoms with Gasteiger partial charge in [-0.05, 0) is 49.4 Å². The number of rotatable bonds is 5. The van der Waals surface area contributed by atoms with Crippen LogP contribution in [0.4, 0.5) is 21.9 Å². The zero-order valence-corrected chi connectivity index (χ0v) is 14.2. The summed E-state index contributed by atoms with van der Waals surface area (Å²) in [5, 5.41) is 2.68. The minimum Gasteiger partial charge on any atom is -0.449 e. The summed E-state index contributed by atoms with van der Waals surface area (Å²) in [6, 6.07) is 11.2. The number of nitrogens with two attached hydrogens (primary N) is 1. The Morgan fingerprint density at radius 2 is 1.92 bits per heavy atom. The fourth-order valence-corrected chi connectivity index (χ4v) is 3.11. The Kier molecular flexibility index (Phi) is 5.72. The zero-order valence-electron chi connectivity index (χ0n) is 14.2. The number of hydrogen-bond acceptors (Lipinski definition) is 5. The van der Waals surface area contributed by atoms with Crippen LogP contribution in [0.3, 0.4) is 0 Å². The molecule has 2 heterocycles. The molecule has 0 spiro atoms. The van der Waals surface area contributed by atoms with E-state index < -0.39 is 6.09 Å². The lowest BCUT2D eigenvalue weighted by Gasteiger charge is -2.33. The number of carbonyl (C=O) groups is 1. The lowest BCUT2D eigenvalue weighted by atomic mass is 9.94. The Labute approximate surface area is 148 Å². The van der Waals surface area contributed by atoms with Gasteiger partial charge >= 0.3 is 6.09 Å². The van der Waals surface area contributed by atoms with E-state index in [-0.39, 0.29) is 0 Å². The van der Waals surface area contributed by atoms with Crippen LogP contribution in [0.5, 0.6) is 0 Å². The summed E-state index contributed by atoms with van der Waals surface area (Å²) < 4.78 is 5.29. The van der Waals surface area contributed by atoms with Gasteiger partial charge < -0.3 is 15.4 Å². The van der Waals surface area contributed by atoms with Crippen molar-refractivity contribution < 1.29 is 9.53 Å². The second kappa shape index (κ2) is 8.37. The van der Waals surface area contributed by atoms with Gasteiger partial charge in [-0.2, -0.15) is 0 Å². The molecule has 1 aromatic carbocycles. The normalized spacial score (nSPS) is 15.0. The summed E-state index contributed by atoms with van der Waals surface area (Å²) in [5.41, 5.74) is 8.14. The van der Waals surface area contributed by atoms with Crippen LogP contribution in [0.15, 0.2) is 48.8 Å². The van der Waals surface area contributed by atoms with Crippen molar-refractivity contribution in [2.45, 2.75) is 19.3 Å². The summed E-state index contributed by atoms with van der Waals surface area (Å²) in [6.07, 6.45) is 6.31. The van der Waals surface area contributed by atoms with Crippen LogP contribution in [0, 0.1) is 5.92 Å². The lowest BCUT2D eigenvalue weighted by molar-refractivity contribution is 0.150. The van der Waals surface area contributed by atoms with E-state index >= 15 is 0 Å². The number of benzene rings is 1. The van der Waals surface area contributed by atoms with Gasteiger partial charge in [-0.3, -0.25) is 10.3 Å². The summed E-state index contributed by atoms with van der Waals surface area (Å²) in [7, 11) is 0. The van der Waals surface area contributed by atoms with E-state index in [4.69, 9.17) is 10.5 Å². The standard InChI is InChI=1S/C19H24N4O2/c20-17-3-1-2-4-18(17)22-19(24)25-14-9-15-7-12-23(13-8-15)16-5-10-21-11-6-16/h1-6,10-11,15H,7-9,12-14,20H2,(H,22,24). The third-order valence-corrected chi connectivity index (χ3v) is 4.60. The minimum absolute atomic E-state index is 0.429. The summed E-state index contributed by atoms with van der Waals surface area (Å²) in [5.74, 6) is 0.590. The number of nitrogens with zero attached hydrogens (tertiary/aromatic N) is 2. The molecule has 132 valence electrons. The molecule has 2 aromatic rings. The second-order valence-corrected chi connectivity index (χ2v) is 6.27. The zero-order chi connectivity index (χ0) is 17.5. The Hall–Kier alpha value is -2.76. The molecule has 3 rings (SSSR count). The molecule has 1 fully saturated rings. The van der Waals surface area contributed by atoms with Crippen molar-refractivity contribution in [1.82, 2.24) is 4.98 Å². The maximum atomic E-state index is 11.8. The van der Waals surface area contributed by atoms with Gasteiger partial charge in [-0.15, -0.1) is 0 Å². The molecule has 0 saturated carbocycles. The molecule has 25 heavy (non-hydrogen) atoms. The Bertz CT molecular complexity index is 685. The maximum Gasteiger partial charge on any atom is 0.411 e. The van der Waals surface area contributed by atoms with E-state index in [9.17, 15) is 4.79 Å². The predicted octanol–water partition coefficient (Wildman–Crippen LogP) is 3.52. The molecular formula is C19H24N4O2. The number of aromatic nitrogens is 1. The van der Waals surface area contributed by atoms with E-state index in [0.717, 1.165) is 32.4 Å². The van der Waals surface area contributed by atoms with Gasteiger partial charge in [0.1, 0.15) is 0 Å². The van der Waals surface area contributed by atoms with Crippen molar-refractivity contribution in [2.24, 2.45) is 5.92 Å². The fourth-order valence-electron chi connectivity index (χ4n) is 3.11. The lowest BCUT2D eigenvalue weighted by Crippen LogP contribution is -2.34. The van der Waals surface area contributed by atoms with E-state index in [1.54, 1.807) is 12.1 Å². The number of ether oxygens (including phenoxy) is 1. The molecule has 0 radical (unpaired) electrons. The smallest absolute Gasteiger partial charge is 0.411 e. The first kappa shape index (κ1) is 17.1. The molecular weight excluding hydrogens is 316 g/mol. The fraction of sp³-hybridized carbons (Fsp3) is 0.368. The third-order valence-electron chi connectivity index (χ3n) is 4.60. The number of para-hydroxylation sites is 2. The van der Waals surface area contributed by atoms with Gasteiger partial charge in [0.25, 0.3) is 0 Å². The van der Waals surface area contributed by atoms with Crippen LogP contribution >= 0.6 is 0 Å². The summed E-state index contributed by atoms with van der Waals surface area (Å²) in [6.45, 7) is 2.49. The molecule has 3 N–H and O–H groups in total. The highest BCUT2D eigenvalue weighted by Gasteiger charge is 2.19. The number of nitrogen functional groups attached to an aromatic ring is 1. The molecule has 1 aliphatic heterocycles. The monoisotopic (exact) mass is 340 g/mol. The van der Waals surface area contributed by atoms with Gasteiger partial charge in [0.05, 0.1) is 18.0 Å². The number of hydrogen-bond donors (Lipinski definition) is 2. The van der Waals surface area contributed by atoms with Crippen molar-refractivity contribution >= 4 is 23.2 Å². The van der Waals surface area contributed by atoms with Crippen LogP contribution in [0.1, 0.15) is 19.3 Å². The highest BCUT2D eigenvalue weighted by atomic mass is 16.5. The maximum absolute atomic E-state index is 11.8. The first-order valence-electron chi connectivity index (χ1n) is 8.65. The Balaban J connectivity index is 1.36. The molecule has 6 heteroatoms. The van der Waals surface area contributed by atoms with E-state index in [2.05, 4.69) is 15.2 Å². The average Bonchev–Trinajstić information content (AvgIpc) is 2.65. The number of carbonyl (C=O) groups excluding carboxylic acids is 1. The van der Waals surface area contributed by atoms with Crippen LogP contribution < -0.4 is 16.0 Å². The topological polar surface area (TPSA) is 80.5 Å². The quantitative estimate of drug-likeness (QED) is 0.814. The average molecular weight is 340 g/mol. The van der Waals surface area contributed by atoms with Crippen molar-refractivity contribution in [3.05, 3.63) is 48.8 Å². The third kappa shape index (κ3) is 4.86. The Morgan fingerprint density at radius 3 is 2.64 bits per heavy atom. The molecule has 0 atom stereocenters. The van der Waals surface area contributed by atoms with Crippen LogP contribution in [-0.4, -0.2) is 30.8 Å². The number of anilines is 3. The first-order valence-corrected chi connectivity index (χ1v) is 8.65. The SMILES string of the molecule is Nc1ccccc1NC(=O)OCCC1CCN(c2ccncc2)CC1. The van der Waals surface area contributed by atoms with Gasteiger partial charge in [-0.1, -0.05) is 12.1 Å². The van der Waals surface area contributed by atoms with E-state index in [1.807, 2.05) is 36.7 Å². The molecule has 6 nitrogen and oxygen atoms in total. The second-order valence-electron chi connectivity index (χ2n) is 6.27.